The summed E-state index contributed by atoms with van der Waals surface area (Å²) in [4.78, 5) is 6.49. The van der Waals surface area contributed by atoms with Crippen LogP contribution < -0.4 is 5.32 Å². The Morgan fingerprint density at radius 3 is 2.45 bits per heavy atom. The number of nitrogens with zero attached hydrogens (tertiary/aromatic N) is 4. The molecule has 2 heterocycles. The molecule has 0 bridgehead atoms. The Morgan fingerprint density at radius 1 is 1.19 bits per heavy atom. The van der Waals surface area contributed by atoms with E-state index in [1.54, 1.807) is 13.1 Å². The maximum Gasteiger partial charge on any atom is 0.220 e. The quantitative estimate of drug-likeness (QED) is 0.536. The molecule has 1 aromatic carbocycles. The molecule has 0 unspecified atom stereocenters. The first-order valence-electron chi connectivity index (χ1n) is 10.5. The van der Waals surface area contributed by atoms with Gasteiger partial charge >= 0.3 is 0 Å². The molecule has 8 nitrogen and oxygen atoms in total. The van der Waals surface area contributed by atoms with Gasteiger partial charge in [-0.1, -0.05) is 23.7 Å². The molecule has 2 aliphatic rings. The molecule has 4 rings (SSSR count). The van der Waals surface area contributed by atoms with Crippen LogP contribution in [-0.2, 0) is 21.2 Å². The Labute approximate surface area is 182 Å². The molecular weight excluding hydrogens is 421 g/mol. The minimum Gasteiger partial charge on any atom is -0.364 e. The second-order valence-corrected chi connectivity index (χ2v) is 10.1. The molecule has 1 saturated carbocycles. The van der Waals surface area contributed by atoms with Crippen molar-refractivity contribution in [2.24, 2.45) is 4.99 Å². The van der Waals surface area contributed by atoms with Gasteiger partial charge in [0, 0.05) is 51.3 Å². The number of rotatable bonds is 6. The normalized spacial score (nSPS) is 19.8. The van der Waals surface area contributed by atoms with Gasteiger partial charge in [-0.15, -0.1) is 0 Å². The highest BCUT2D eigenvalue weighted by atomic mass is 32.2. The fourth-order valence-corrected chi connectivity index (χ4v) is 5.75. The molecule has 1 aliphatic heterocycles. The van der Waals surface area contributed by atoms with Crippen LogP contribution in [0.1, 0.15) is 30.5 Å². The van der Waals surface area contributed by atoms with Crippen molar-refractivity contribution < 1.29 is 17.3 Å². The first-order valence-corrected chi connectivity index (χ1v) is 12.1. The lowest BCUT2D eigenvalue weighted by molar-refractivity contribution is 0.231. The van der Waals surface area contributed by atoms with Crippen molar-refractivity contribution in [3.05, 3.63) is 53.7 Å². The fourth-order valence-electron chi connectivity index (χ4n) is 4.32. The highest BCUT2D eigenvalue weighted by molar-refractivity contribution is 7.88. The van der Waals surface area contributed by atoms with Crippen molar-refractivity contribution in [1.82, 2.24) is 19.7 Å². The van der Waals surface area contributed by atoms with Crippen molar-refractivity contribution in [2.75, 3.05) is 39.8 Å². The lowest BCUT2D eigenvalue weighted by atomic mass is 9.64. The van der Waals surface area contributed by atoms with Crippen LogP contribution in [0, 0.1) is 5.82 Å². The number of nitrogens with one attached hydrogen (secondary N) is 1. The molecule has 31 heavy (non-hydrogen) atoms. The van der Waals surface area contributed by atoms with Crippen molar-refractivity contribution in [2.45, 2.75) is 30.4 Å². The maximum atomic E-state index is 13.3. The fraction of sp³-hybridized carbons (Fsp3) is 0.524. The molecule has 0 spiro atoms. The van der Waals surface area contributed by atoms with E-state index >= 15 is 0 Å². The summed E-state index contributed by atoms with van der Waals surface area (Å²) in [6.07, 6.45) is 4.63. The third kappa shape index (κ3) is 4.74. The van der Waals surface area contributed by atoms with E-state index < -0.39 is 10.0 Å². The first-order chi connectivity index (χ1) is 14.9. The van der Waals surface area contributed by atoms with Gasteiger partial charge in [-0.05, 0) is 30.5 Å². The third-order valence-electron chi connectivity index (χ3n) is 6.32. The SMILES string of the molecule is CN=C(NCC1(c2ccc(F)cc2)CCC1)N1CCN(S(=O)(=O)Cc2ccon2)CC1. The minimum atomic E-state index is -3.44. The van der Waals surface area contributed by atoms with Crippen molar-refractivity contribution >= 4 is 16.0 Å². The number of guanidine groups is 1. The second kappa shape index (κ2) is 8.96. The largest absolute Gasteiger partial charge is 0.364 e. The van der Waals surface area contributed by atoms with Crippen LogP contribution in [0.5, 0.6) is 0 Å². The molecule has 1 aliphatic carbocycles. The van der Waals surface area contributed by atoms with E-state index in [1.807, 2.05) is 12.1 Å². The Balaban J connectivity index is 1.34. The summed E-state index contributed by atoms with van der Waals surface area (Å²) < 4.78 is 44.8. The molecule has 10 heteroatoms. The number of benzene rings is 1. The number of hydrogen-bond acceptors (Lipinski definition) is 5. The highest BCUT2D eigenvalue weighted by Crippen LogP contribution is 2.43. The van der Waals surface area contributed by atoms with Crippen LogP contribution in [0.25, 0.3) is 0 Å². The molecule has 0 radical (unpaired) electrons. The predicted octanol–water partition coefficient (Wildman–Crippen LogP) is 1.96. The van der Waals surface area contributed by atoms with Crippen LogP contribution in [0.3, 0.4) is 0 Å². The van der Waals surface area contributed by atoms with Gasteiger partial charge in [-0.25, -0.2) is 12.8 Å². The second-order valence-electron chi connectivity index (χ2n) is 8.17. The molecular formula is C21H28FN5O3S. The summed E-state index contributed by atoms with van der Waals surface area (Å²) in [5, 5.41) is 7.18. The molecule has 1 aromatic heterocycles. The topological polar surface area (TPSA) is 91.0 Å². The van der Waals surface area contributed by atoms with Crippen molar-refractivity contribution in [1.29, 1.82) is 0 Å². The summed E-state index contributed by atoms with van der Waals surface area (Å²) in [6.45, 7) is 2.62. The molecule has 0 amide bonds. The summed E-state index contributed by atoms with van der Waals surface area (Å²) in [5.41, 5.74) is 1.55. The third-order valence-corrected chi connectivity index (χ3v) is 8.13. The van der Waals surface area contributed by atoms with Gasteiger partial charge in [0.05, 0.1) is 5.69 Å². The van der Waals surface area contributed by atoms with Gasteiger partial charge in [0.2, 0.25) is 10.0 Å². The molecule has 168 valence electrons. The predicted molar refractivity (Wildman–Crippen MR) is 116 cm³/mol. The van der Waals surface area contributed by atoms with Crippen LogP contribution in [0.2, 0.25) is 0 Å². The molecule has 2 fully saturated rings. The summed E-state index contributed by atoms with van der Waals surface area (Å²) in [6, 6.07) is 8.34. The van der Waals surface area contributed by atoms with Gasteiger partial charge in [0.1, 0.15) is 17.8 Å². The lowest BCUT2D eigenvalue weighted by Crippen LogP contribution is -2.56. The summed E-state index contributed by atoms with van der Waals surface area (Å²) in [5.74, 6) is 0.386. The Kier molecular flexibility index (Phi) is 6.29. The number of hydrogen-bond donors (Lipinski definition) is 1. The lowest BCUT2D eigenvalue weighted by Gasteiger charge is -2.44. The van der Waals surface area contributed by atoms with Gasteiger partial charge in [-0.3, -0.25) is 4.99 Å². The van der Waals surface area contributed by atoms with E-state index in [1.165, 1.54) is 22.7 Å². The average Bonchev–Trinajstić information content (AvgIpc) is 3.23. The van der Waals surface area contributed by atoms with Gasteiger partial charge in [-0.2, -0.15) is 4.31 Å². The van der Waals surface area contributed by atoms with E-state index in [-0.39, 0.29) is 17.0 Å². The number of piperazine rings is 1. The zero-order valence-corrected chi connectivity index (χ0v) is 18.4. The van der Waals surface area contributed by atoms with Crippen LogP contribution in [-0.4, -0.2) is 68.5 Å². The first kappa shape index (κ1) is 21.8. The van der Waals surface area contributed by atoms with E-state index in [0.29, 0.717) is 31.9 Å². The number of aliphatic imine (C=N–C) groups is 1. The number of sulfonamides is 1. The van der Waals surface area contributed by atoms with E-state index in [0.717, 1.165) is 37.3 Å². The van der Waals surface area contributed by atoms with Gasteiger partial charge < -0.3 is 14.7 Å². The van der Waals surface area contributed by atoms with E-state index in [2.05, 4.69) is 20.4 Å². The minimum absolute atomic E-state index is 0.00754. The average molecular weight is 450 g/mol. The van der Waals surface area contributed by atoms with E-state index in [9.17, 15) is 12.8 Å². The maximum absolute atomic E-state index is 13.3. The summed E-state index contributed by atoms with van der Waals surface area (Å²) >= 11 is 0. The molecule has 2 aromatic rings. The molecule has 1 saturated heterocycles. The Bertz CT molecular complexity index is 996. The van der Waals surface area contributed by atoms with Crippen molar-refractivity contribution in [3.63, 3.8) is 0 Å². The van der Waals surface area contributed by atoms with Crippen LogP contribution >= 0.6 is 0 Å². The monoisotopic (exact) mass is 449 g/mol. The summed E-state index contributed by atoms with van der Waals surface area (Å²) in [7, 11) is -1.70. The highest BCUT2D eigenvalue weighted by Gasteiger charge is 2.39. The molecule has 1 N–H and O–H groups in total. The zero-order valence-electron chi connectivity index (χ0n) is 17.6. The van der Waals surface area contributed by atoms with E-state index in [4.69, 9.17) is 4.52 Å². The van der Waals surface area contributed by atoms with Crippen molar-refractivity contribution in [3.8, 4) is 0 Å². The van der Waals surface area contributed by atoms with Gasteiger partial charge in [0.25, 0.3) is 0 Å². The zero-order chi connectivity index (χ0) is 21.9. The molecule has 0 atom stereocenters. The van der Waals surface area contributed by atoms with Gasteiger partial charge in [0.15, 0.2) is 5.96 Å². The Hall–Kier alpha value is -2.46. The number of halogens is 1. The smallest absolute Gasteiger partial charge is 0.220 e. The number of aromatic nitrogens is 1. The van der Waals surface area contributed by atoms with Crippen LogP contribution in [0.15, 0.2) is 46.1 Å². The van der Waals surface area contributed by atoms with Crippen LogP contribution in [0.4, 0.5) is 4.39 Å². The standard InChI is InChI=1S/C21H28FN5O3S/c1-23-20(24-16-21(8-2-9-21)17-3-5-18(22)6-4-17)26-10-12-27(13-11-26)31(28,29)15-19-7-14-30-25-19/h3-7,14H,2,8-13,15-16H2,1H3,(H,23,24). The Morgan fingerprint density at radius 2 is 1.90 bits per heavy atom.